The molecule has 0 aliphatic carbocycles. The number of nitrogens with zero attached hydrogens (tertiary/aromatic N) is 2. The standard InChI is InChI=1S/C13H17FN2O4S/c14-11-4-1-7-15-13(11)21(19,20)16-8-2-3-10(9-16)5-6-12(17)18/h1,4,7,10H,2-3,5-6,8-9H2,(H,17,18). The lowest BCUT2D eigenvalue weighted by Crippen LogP contribution is -2.40. The summed E-state index contributed by atoms with van der Waals surface area (Å²) in [5, 5.41) is 8.13. The minimum absolute atomic E-state index is 0.0104. The van der Waals surface area contributed by atoms with Crippen LogP contribution in [0, 0.1) is 11.7 Å². The van der Waals surface area contributed by atoms with E-state index in [4.69, 9.17) is 5.11 Å². The molecule has 8 heteroatoms. The second-order valence-corrected chi connectivity index (χ2v) is 6.95. The highest BCUT2D eigenvalue weighted by Crippen LogP contribution is 2.26. The number of rotatable bonds is 5. The van der Waals surface area contributed by atoms with Gasteiger partial charge in [0.2, 0.25) is 5.03 Å². The SMILES string of the molecule is O=C(O)CCC1CCCN(S(=O)(=O)c2ncccc2F)C1. The van der Waals surface area contributed by atoms with Gasteiger partial charge in [-0.2, -0.15) is 4.31 Å². The first kappa shape index (κ1) is 15.8. The van der Waals surface area contributed by atoms with Crippen LogP contribution in [0.15, 0.2) is 23.4 Å². The average molecular weight is 316 g/mol. The molecular weight excluding hydrogens is 299 g/mol. The fraction of sp³-hybridized carbons (Fsp3) is 0.538. The number of aliphatic carboxylic acids is 1. The van der Waals surface area contributed by atoms with Crippen molar-refractivity contribution < 1.29 is 22.7 Å². The van der Waals surface area contributed by atoms with Gasteiger partial charge in [-0.3, -0.25) is 4.79 Å². The number of hydrogen-bond donors (Lipinski definition) is 1. The fourth-order valence-corrected chi connectivity index (χ4v) is 4.02. The van der Waals surface area contributed by atoms with Gasteiger partial charge in [0.15, 0.2) is 5.82 Å². The molecule has 2 rings (SSSR count). The molecule has 1 aromatic rings. The molecule has 0 bridgehead atoms. The summed E-state index contributed by atoms with van der Waals surface area (Å²) >= 11 is 0. The fourth-order valence-electron chi connectivity index (χ4n) is 2.49. The summed E-state index contributed by atoms with van der Waals surface area (Å²) in [5.41, 5.74) is 0. The zero-order chi connectivity index (χ0) is 15.5. The molecule has 0 amide bonds. The average Bonchev–Trinajstić information content (AvgIpc) is 2.45. The van der Waals surface area contributed by atoms with Crippen molar-refractivity contribution >= 4 is 16.0 Å². The zero-order valence-corrected chi connectivity index (χ0v) is 12.2. The lowest BCUT2D eigenvalue weighted by Gasteiger charge is -2.31. The third-order valence-electron chi connectivity index (χ3n) is 3.56. The predicted octanol–water partition coefficient (Wildman–Crippen LogP) is 1.49. The molecule has 2 heterocycles. The van der Waals surface area contributed by atoms with Gasteiger partial charge in [0.25, 0.3) is 10.0 Å². The van der Waals surface area contributed by atoms with Gasteiger partial charge in [0, 0.05) is 25.7 Å². The molecule has 1 aliphatic heterocycles. The first-order valence-corrected chi connectivity index (χ1v) is 8.17. The van der Waals surface area contributed by atoms with Crippen molar-refractivity contribution in [1.82, 2.24) is 9.29 Å². The summed E-state index contributed by atoms with van der Waals surface area (Å²) in [6.45, 7) is 0.521. The lowest BCUT2D eigenvalue weighted by atomic mass is 9.95. The molecule has 116 valence electrons. The molecule has 0 saturated carbocycles. The van der Waals surface area contributed by atoms with Crippen LogP contribution in [0.5, 0.6) is 0 Å². The van der Waals surface area contributed by atoms with E-state index < -0.39 is 26.8 Å². The van der Waals surface area contributed by atoms with E-state index in [1.165, 1.54) is 16.6 Å². The number of hydrogen-bond acceptors (Lipinski definition) is 4. The largest absolute Gasteiger partial charge is 0.481 e. The second-order valence-electron chi connectivity index (χ2n) is 5.09. The van der Waals surface area contributed by atoms with Crippen LogP contribution in [0.3, 0.4) is 0 Å². The Morgan fingerprint density at radius 3 is 2.95 bits per heavy atom. The molecule has 1 N–H and O–H groups in total. The molecule has 1 atom stereocenters. The molecule has 6 nitrogen and oxygen atoms in total. The summed E-state index contributed by atoms with van der Waals surface area (Å²) in [6.07, 6.45) is 3.09. The molecule has 1 unspecified atom stereocenters. The van der Waals surface area contributed by atoms with Gasteiger partial charge in [-0.1, -0.05) is 0 Å². The van der Waals surface area contributed by atoms with Gasteiger partial charge < -0.3 is 5.11 Å². The van der Waals surface area contributed by atoms with Crippen molar-refractivity contribution in [3.05, 3.63) is 24.1 Å². The van der Waals surface area contributed by atoms with Crippen LogP contribution >= 0.6 is 0 Å². The summed E-state index contributed by atoms with van der Waals surface area (Å²) < 4.78 is 39.6. The Morgan fingerprint density at radius 1 is 1.52 bits per heavy atom. The lowest BCUT2D eigenvalue weighted by molar-refractivity contribution is -0.137. The Kier molecular flexibility index (Phi) is 4.89. The van der Waals surface area contributed by atoms with Crippen molar-refractivity contribution in [3.63, 3.8) is 0 Å². The number of piperidine rings is 1. The van der Waals surface area contributed by atoms with E-state index in [1.54, 1.807) is 0 Å². The number of pyridine rings is 1. The van der Waals surface area contributed by atoms with Crippen LogP contribution in [0.2, 0.25) is 0 Å². The van der Waals surface area contributed by atoms with Crippen molar-refractivity contribution in [1.29, 1.82) is 0 Å². The quantitative estimate of drug-likeness (QED) is 0.889. The third-order valence-corrected chi connectivity index (χ3v) is 5.36. The van der Waals surface area contributed by atoms with Crippen molar-refractivity contribution in [2.24, 2.45) is 5.92 Å². The monoisotopic (exact) mass is 316 g/mol. The Morgan fingerprint density at radius 2 is 2.29 bits per heavy atom. The third kappa shape index (κ3) is 3.76. The number of aromatic nitrogens is 1. The Hall–Kier alpha value is -1.54. The highest BCUT2D eigenvalue weighted by Gasteiger charge is 2.33. The van der Waals surface area contributed by atoms with Crippen LogP contribution < -0.4 is 0 Å². The summed E-state index contributed by atoms with van der Waals surface area (Å²) in [5.74, 6) is -1.78. The van der Waals surface area contributed by atoms with E-state index in [-0.39, 0.29) is 18.9 Å². The molecule has 21 heavy (non-hydrogen) atoms. The molecule has 1 aliphatic rings. The minimum atomic E-state index is -3.96. The topological polar surface area (TPSA) is 87.6 Å². The van der Waals surface area contributed by atoms with Crippen LogP contribution in [-0.4, -0.2) is 41.9 Å². The van der Waals surface area contributed by atoms with Crippen LogP contribution in [0.1, 0.15) is 25.7 Å². The first-order valence-electron chi connectivity index (χ1n) is 6.73. The van der Waals surface area contributed by atoms with E-state index in [1.807, 2.05) is 0 Å². The first-order chi connectivity index (χ1) is 9.91. The number of carboxylic acid groups (broad SMARTS) is 1. The molecule has 1 aromatic heterocycles. The predicted molar refractivity (Wildman–Crippen MR) is 72.5 cm³/mol. The second kappa shape index (κ2) is 6.48. The minimum Gasteiger partial charge on any atom is -0.481 e. The Bertz CT molecular complexity index is 620. The Balaban J connectivity index is 2.13. The highest BCUT2D eigenvalue weighted by atomic mass is 32.2. The van der Waals surface area contributed by atoms with Crippen LogP contribution in [0.4, 0.5) is 4.39 Å². The molecule has 1 fully saturated rings. The van der Waals surface area contributed by atoms with E-state index in [2.05, 4.69) is 4.98 Å². The van der Waals surface area contributed by atoms with Crippen molar-refractivity contribution in [3.8, 4) is 0 Å². The van der Waals surface area contributed by atoms with Gasteiger partial charge >= 0.3 is 5.97 Å². The summed E-state index contributed by atoms with van der Waals surface area (Å²) in [6, 6.07) is 2.39. The van der Waals surface area contributed by atoms with Gasteiger partial charge in [0.1, 0.15) is 0 Å². The highest BCUT2D eigenvalue weighted by molar-refractivity contribution is 7.89. The van der Waals surface area contributed by atoms with E-state index >= 15 is 0 Å². The van der Waals surface area contributed by atoms with E-state index in [9.17, 15) is 17.6 Å². The van der Waals surface area contributed by atoms with E-state index in [0.29, 0.717) is 19.4 Å². The van der Waals surface area contributed by atoms with Gasteiger partial charge in [-0.05, 0) is 37.3 Å². The molecule has 1 saturated heterocycles. The van der Waals surface area contributed by atoms with Crippen molar-refractivity contribution in [2.75, 3.05) is 13.1 Å². The van der Waals surface area contributed by atoms with Crippen molar-refractivity contribution in [2.45, 2.75) is 30.7 Å². The Labute approximate surface area is 122 Å². The summed E-state index contributed by atoms with van der Waals surface area (Å²) in [7, 11) is -3.96. The van der Waals surface area contributed by atoms with E-state index in [0.717, 1.165) is 12.5 Å². The number of halogens is 1. The zero-order valence-electron chi connectivity index (χ0n) is 11.4. The molecule has 0 aromatic carbocycles. The van der Waals surface area contributed by atoms with Crippen LogP contribution in [-0.2, 0) is 14.8 Å². The maximum Gasteiger partial charge on any atom is 0.303 e. The summed E-state index contributed by atoms with van der Waals surface area (Å²) in [4.78, 5) is 14.2. The van der Waals surface area contributed by atoms with Gasteiger partial charge in [-0.15, -0.1) is 0 Å². The van der Waals surface area contributed by atoms with Gasteiger partial charge in [0.05, 0.1) is 0 Å². The number of carboxylic acids is 1. The maximum absolute atomic E-state index is 13.6. The van der Waals surface area contributed by atoms with Gasteiger partial charge in [-0.25, -0.2) is 17.8 Å². The molecule has 0 spiro atoms. The smallest absolute Gasteiger partial charge is 0.303 e. The molecular formula is C13H17FN2O4S. The molecule has 0 radical (unpaired) electrons. The number of carbonyl (C=O) groups is 1. The number of sulfonamides is 1. The maximum atomic E-state index is 13.6. The van der Waals surface area contributed by atoms with Crippen LogP contribution in [0.25, 0.3) is 0 Å². The normalized spacial score (nSPS) is 20.3.